The third-order valence-corrected chi connectivity index (χ3v) is 4.02. The predicted molar refractivity (Wildman–Crippen MR) is 67.1 cm³/mol. The lowest BCUT2D eigenvalue weighted by Gasteiger charge is -2.16. The quantitative estimate of drug-likeness (QED) is 0.819. The third kappa shape index (κ3) is 2.47. The molecule has 6 heteroatoms. The van der Waals surface area contributed by atoms with E-state index in [1.54, 1.807) is 18.2 Å². The van der Waals surface area contributed by atoms with Gasteiger partial charge >= 0.3 is 0 Å². The van der Waals surface area contributed by atoms with Crippen LogP contribution in [-0.4, -0.2) is 46.3 Å². The number of aliphatic hydroxyl groups excluding tert-OH is 2. The van der Waals surface area contributed by atoms with E-state index >= 15 is 0 Å². The molecule has 1 amide bonds. The lowest BCUT2D eigenvalue weighted by molar-refractivity contribution is 0.0572. The average Bonchev–Trinajstić information content (AvgIpc) is 2.62. The number of benzene rings is 1. The van der Waals surface area contributed by atoms with Gasteiger partial charge in [-0.15, -0.1) is 0 Å². The average molecular weight is 321 g/mol. The maximum Gasteiger partial charge on any atom is 0.255 e. The van der Waals surface area contributed by atoms with E-state index in [1.165, 1.54) is 4.90 Å². The Balaban J connectivity index is 2.24. The first-order valence-corrected chi connectivity index (χ1v) is 6.27. The van der Waals surface area contributed by atoms with Crippen molar-refractivity contribution in [2.24, 2.45) is 0 Å². The third-order valence-electron chi connectivity index (χ3n) is 2.73. The number of hydrogen-bond acceptors (Lipinski definition) is 3. The van der Waals surface area contributed by atoms with Gasteiger partial charge in [-0.1, -0.05) is 17.7 Å². The van der Waals surface area contributed by atoms with Gasteiger partial charge in [0.15, 0.2) is 0 Å². The maximum absolute atomic E-state index is 12.1. The van der Waals surface area contributed by atoms with Gasteiger partial charge in [0.1, 0.15) is 0 Å². The van der Waals surface area contributed by atoms with Gasteiger partial charge in [0.25, 0.3) is 5.91 Å². The van der Waals surface area contributed by atoms with Crippen LogP contribution in [0.2, 0.25) is 5.02 Å². The summed E-state index contributed by atoms with van der Waals surface area (Å²) in [5, 5.41) is 19.1. The van der Waals surface area contributed by atoms with Crippen molar-refractivity contribution in [3.05, 3.63) is 33.3 Å². The monoisotopic (exact) mass is 319 g/mol. The molecule has 1 aromatic carbocycles. The normalized spacial score (nSPS) is 24.1. The number of halogens is 2. The molecule has 0 aliphatic carbocycles. The van der Waals surface area contributed by atoms with Gasteiger partial charge < -0.3 is 15.1 Å². The summed E-state index contributed by atoms with van der Waals surface area (Å²) in [7, 11) is 0. The van der Waals surface area contributed by atoms with E-state index in [1.807, 2.05) is 0 Å². The van der Waals surface area contributed by atoms with Gasteiger partial charge in [-0.25, -0.2) is 0 Å². The molecule has 0 unspecified atom stereocenters. The van der Waals surface area contributed by atoms with Crippen LogP contribution in [0.5, 0.6) is 0 Å². The molecule has 0 saturated carbocycles. The molecule has 2 atom stereocenters. The van der Waals surface area contributed by atoms with Crippen molar-refractivity contribution in [1.29, 1.82) is 0 Å². The van der Waals surface area contributed by atoms with Gasteiger partial charge in [0, 0.05) is 17.6 Å². The molecule has 1 fully saturated rings. The lowest BCUT2D eigenvalue weighted by atomic mass is 10.2. The summed E-state index contributed by atoms with van der Waals surface area (Å²) < 4.78 is 0.644. The van der Waals surface area contributed by atoms with Crippen molar-refractivity contribution in [2.75, 3.05) is 13.1 Å². The van der Waals surface area contributed by atoms with E-state index < -0.39 is 12.2 Å². The summed E-state index contributed by atoms with van der Waals surface area (Å²) in [4.78, 5) is 13.5. The SMILES string of the molecule is O=C(c1cccc(Br)c1Cl)N1C[C@@H](O)[C@@H](O)C1. The first kappa shape index (κ1) is 12.8. The van der Waals surface area contributed by atoms with Crippen LogP contribution in [0.25, 0.3) is 0 Å². The Morgan fingerprint density at radius 3 is 2.53 bits per heavy atom. The molecule has 1 aromatic rings. The highest BCUT2D eigenvalue weighted by atomic mass is 79.9. The summed E-state index contributed by atoms with van der Waals surface area (Å²) in [5.41, 5.74) is 0.363. The molecular weight excluding hydrogens is 309 g/mol. The topological polar surface area (TPSA) is 60.8 Å². The highest BCUT2D eigenvalue weighted by Gasteiger charge is 2.33. The molecule has 0 aromatic heterocycles. The number of likely N-dealkylation sites (tertiary alicyclic amines) is 1. The molecular formula is C11H11BrClNO3. The number of nitrogens with zero attached hydrogens (tertiary/aromatic N) is 1. The number of rotatable bonds is 1. The minimum Gasteiger partial charge on any atom is -0.388 e. The van der Waals surface area contributed by atoms with Crippen molar-refractivity contribution in [1.82, 2.24) is 4.90 Å². The zero-order valence-electron chi connectivity index (χ0n) is 8.81. The van der Waals surface area contributed by atoms with Gasteiger partial charge in [0.2, 0.25) is 0 Å². The Kier molecular flexibility index (Phi) is 3.73. The lowest BCUT2D eigenvalue weighted by Crippen LogP contribution is -2.30. The Bertz CT molecular complexity index is 444. The minimum atomic E-state index is -0.884. The van der Waals surface area contributed by atoms with E-state index in [0.29, 0.717) is 15.1 Å². The molecule has 1 aliphatic heterocycles. The van der Waals surface area contributed by atoms with Gasteiger partial charge in [-0.2, -0.15) is 0 Å². The van der Waals surface area contributed by atoms with Crippen LogP contribution in [0.1, 0.15) is 10.4 Å². The van der Waals surface area contributed by atoms with E-state index in [4.69, 9.17) is 11.6 Å². The molecule has 0 radical (unpaired) electrons. The summed E-state index contributed by atoms with van der Waals surface area (Å²) >= 11 is 9.27. The molecule has 0 spiro atoms. The van der Waals surface area contributed by atoms with E-state index in [2.05, 4.69) is 15.9 Å². The minimum absolute atomic E-state index is 0.128. The summed E-state index contributed by atoms with van der Waals surface area (Å²) in [6, 6.07) is 5.07. The van der Waals surface area contributed by atoms with Crippen LogP contribution in [0, 0.1) is 0 Å². The van der Waals surface area contributed by atoms with Crippen LogP contribution in [-0.2, 0) is 0 Å². The van der Waals surface area contributed by atoms with Gasteiger partial charge in [0.05, 0.1) is 22.8 Å². The van der Waals surface area contributed by atoms with Crippen LogP contribution in [0.4, 0.5) is 0 Å². The van der Waals surface area contributed by atoms with E-state index in [-0.39, 0.29) is 19.0 Å². The molecule has 0 bridgehead atoms. The second-order valence-electron chi connectivity index (χ2n) is 3.95. The second-order valence-corrected chi connectivity index (χ2v) is 5.18. The highest BCUT2D eigenvalue weighted by Crippen LogP contribution is 2.27. The van der Waals surface area contributed by atoms with Crippen LogP contribution in [0.15, 0.2) is 22.7 Å². The van der Waals surface area contributed by atoms with Crippen molar-refractivity contribution >= 4 is 33.4 Å². The molecule has 1 aliphatic rings. The molecule has 1 saturated heterocycles. The van der Waals surface area contributed by atoms with Crippen molar-refractivity contribution in [3.8, 4) is 0 Å². The van der Waals surface area contributed by atoms with Crippen LogP contribution >= 0.6 is 27.5 Å². The van der Waals surface area contributed by atoms with Crippen molar-refractivity contribution in [2.45, 2.75) is 12.2 Å². The zero-order valence-corrected chi connectivity index (χ0v) is 11.1. The Morgan fingerprint density at radius 1 is 1.35 bits per heavy atom. The first-order valence-electron chi connectivity index (χ1n) is 5.10. The summed E-state index contributed by atoms with van der Waals surface area (Å²) in [6.45, 7) is 0.256. The van der Waals surface area contributed by atoms with Crippen molar-refractivity contribution < 1.29 is 15.0 Å². The number of aliphatic hydroxyl groups is 2. The Labute approximate surface area is 112 Å². The van der Waals surface area contributed by atoms with Crippen LogP contribution in [0.3, 0.4) is 0 Å². The number of hydrogen-bond donors (Lipinski definition) is 2. The fraction of sp³-hybridized carbons (Fsp3) is 0.364. The highest BCUT2D eigenvalue weighted by molar-refractivity contribution is 9.10. The number of amides is 1. The Morgan fingerprint density at radius 2 is 1.94 bits per heavy atom. The standard InChI is InChI=1S/C11H11BrClNO3/c12-7-3-1-2-6(10(7)13)11(17)14-4-8(15)9(16)5-14/h1-3,8-9,15-16H,4-5H2/t8-,9+. The molecule has 2 rings (SSSR count). The number of carbonyl (C=O) groups is 1. The fourth-order valence-electron chi connectivity index (χ4n) is 1.77. The summed E-state index contributed by atoms with van der Waals surface area (Å²) in [5.74, 6) is -0.285. The Hall–Kier alpha value is -0.620. The zero-order chi connectivity index (χ0) is 12.6. The number of β-amino-alcohol motifs (C(OH)–C–C–N with tert-alkyl or cyclic N) is 2. The molecule has 1 heterocycles. The van der Waals surface area contributed by atoms with E-state index in [0.717, 1.165) is 0 Å². The molecule has 4 nitrogen and oxygen atoms in total. The fourth-order valence-corrected chi connectivity index (χ4v) is 2.35. The maximum atomic E-state index is 12.1. The van der Waals surface area contributed by atoms with Crippen molar-refractivity contribution in [3.63, 3.8) is 0 Å². The first-order chi connectivity index (χ1) is 8.00. The second kappa shape index (κ2) is 4.94. The predicted octanol–water partition coefficient (Wildman–Crippen LogP) is 1.28. The molecule has 17 heavy (non-hydrogen) atoms. The van der Waals surface area contributed by atoms with Crippen LogP contribution < -0.4 is 0 Å². The molecule has 92 valence electrons. The number of carbonyl (C=O) groups excluding carboxylic acids is 1. The largest absolute Gasteiger partial charge is 0.388 e. The summed E-state index contributed by atoms with van der Waals surface area (Å²) in [6.07, 6.45) is -1.77. The van der Waals surface area contributed by atoms with E-state index in [9.17, 15) is 15.0 Å². The molecule has 2 N–H and O–H groups in total. The smallest absolute Gasteiger partial charge is 0.255 e. The van der Waals surface area contributed by atoms with Gasteiger partial charge in [-0.05, 0) is 28.1 Å². The van der Waals surface area contributed by atoms with Gasteiger partial charge in [-0.3, -0.25) is 4.79 Å².